The van der Waals surface area contributed by atoms with Gasteiger partial charge < -0.3 is 19.3 Å². The van der Waals surface area contributed by atoms with Gasteiger partial charge in [-0.15, -0.1) is 11.3 Å². The lowest BCUT2D eigenvalue weighted by Crippen LogP contribution is -2.35. The number of anilines is 1. The number of alkyl carbamates (subject to hydrolysis) is 1. The summed E-state index contributed by atoms with van der Waals surface area (Å²) in [5.41, 5.74) is 1.66. The highest BCUT2D eigenvalue weighted by Gasteiger charge is 2.23. The summed E-state index contributed by atoms with van der Waals surface area (Å²) in [6.45, 7) is 5.43. The van der Waals surface area contributed by atoms with Gasteiger partial charge in [0.2, 0.25) is 0 Å². The van der Waals surface area contributed by atoms with Crippen LogP contribution in [0, 0.1) is 0 Å². The lowest BCUT2D eigenvalue weighted by atomic mass is 10.1. The number of carbonyl (C=O) groups is 1. The molecule has 0 bridgehead atoms. The third kappa shape index (κ3) is 6.25. The van der Waals surface area contributed by atoms with Crippen LogP contribution in [0.4, 0.5) is 10.5 Å². The highest BCUT2D eigenvalue weighted by molar-refractivity contribution is 7.80. The monoisotopic (exact) mass is 432 g/mol. The Balaban J connectivity index is 1.83. The maximum absolute atomic E-state index is 12.4. The molecule has 154 valence electrons. The van der Waals surface area contributed by atoms with Gasteiger partial charge in [-0.3, -0.25) is 4.21 Å². The van der Waals surface area contributed by atoms with Crippen LogP contribution in [-0.4, -0.2) is 25.4 Å². The molecule has 3 aromatic rings. The van der Waals surface area contributed by atoms with Crippen molar-refractivity contribution in [2.24, 2.45) is 0 Å². The zero-order valence-corrected chi connectivity index (χ0v) is 17.9. The first-order chi connectivity index (χ1) is 13.7. The van der Waals surface area contributed by atoms with Crippen molar-refractivity contribution < 1.29 is 18.3 Å². The van der Waals surface area contributed by atoms with Crippen molar-refractivity contribution in [3.63, 3.8) is 0 Å². The number of nitrogens with zero attached hydrogens (tertiary/aromatic N) is 1. The van der Waals surface area contributed by atoms with Crippen LogP contribution in [0.15, 0.2) is 48.5 Å². The third-order valence-electron chi connectivity index (χ3n) is 3.89. The van der Waals surface area contributed by atoms with E-state index in [1.807, 2.05) is 57.2 Å². The highest BCUT2D eigenvalue weighted by Crippen LogP contribution is 2.29. The van der Waals surface area contributed by atoms with Gasteiger partial charge in [-0.2, -0.15) is 0 Å². The van der Waals surface area contributed by atoms with Crippen LogP contribution in [-0.2, 0) is 22.4 Å². The molecule has 1 aromatic heterocycles. The second-order valence-corrected chi connectivity index (χ2v) is 9.19. The summed E-state index contributed by atoms with van der Waals surface area (Å²) in [7, 11) is 0. The maximum Gasteiger partial charge on any atom is 0.408 e. The van der Waals surface area contributed by atoms with E-state index in [9.17, 15) is 13.6 Å². The van der Waals surface area contributed by atoms with Crippen LogP contribution in [0.2, 0.25) is 0 Å². The second kappa shape index (κ2) is 8.89. The summed E-state index contributed by atoms with van der Waals surface area (Å²) in [5.74, 6) is 0. The summed E-state index contributed by atoms with van der Waals surface area (Å²) < 4.78 is 30.3. The van der Waals surface area contributed by atoms with Gasteiger partial charge in [-0.1, -0.05) is 24.3 Å². The first-order valence-corrected chi connectivity index (χ1v) is 10.9. The van der Waals surface area contributed by atoms with Crippen molar-refractivity contribution in [2.75, 3.05) is 4.72 Å². The third-order valence-corrected chi connectivity index (χ3v) is 5.45. The topological polar surface area (TPSA) is 103 Å². The van der Waals surface area contributed by atoms with Crippen LogP contribution < -0.4 is 10.0 Å². The SMILES string of the molecule is CC(C)(C)OC(=O)N[C@@H](Cc1ccc(NS(=O)[O-])cc1)c1nc2ccccc2s1. The highest BCUT2D eigenvalue weighted by atomic mass is 32.2. The van der Waals surface area contributed by atoms with Gasteiger partial charge >= 0.3 is 6.09 Å². The number of rotatable bonds is 6. The lowest BCUT2D eigenvalue weighted by molar-refractivity contribution is 0.0503. The normalized spacial score (nSPS) is 13.7. The van der Waals surface area contributed by atoms with Gasteiger partial charge in [0, 0.05) is 17.0 Å². The van der Waals surface area contributed by atoms with Crippen molar-refractivity contribution in [2.45, 2.75) is 38.8 Å². The summed E-state index contributed by atoms with van der Waals surface area (Å²) in [4.78, 5) is 17.1. The van der Waals surface area contributed by atoms with Crippen LogP contribution >= 0.6 is 11.3 Å². The summed E-state index contributed by atoms with van der Waals surface area (Å²) >= 11 is -0.851. The van der Waals surface area contributed by atoms with E-state index in [1.165, 1.54) is 11.3 Å². The van der Waals surface area contributed by atoms with E-state index in [4.69, 9.17) is 4.74 Å². The van der Waals surface area contributed by atoms with Gasteiger partial charge in [0.15, 0.2) is 0 Å². The van der Waals surface area contributed by atoms with E-state index in [2.05, 4.69) is 15.0 Å². The Kier molecular flexibility index (Phi) is 6.51. The molecular weight excluding hydrogens is 410 g/mol. The molecule has 0 saturated carbocycles. The van der Waals surface area contributed by atoms with E-state index in [0.717, 1.165) is 20.8 Å². The van der Waals surface area contributed by atoms with Crippen LogP contribution in [0.1, 0.15) is 37.4 Å². The zero-order valence-electron chi connectivity index (χ0n) is 16.3. The average molecular weight is 433 g/mol. The van der Waals surface area contributed by atoms with Gasteiger partial charge in [0.05, 0.1) is 16.3 Å². The minimum Gasteiger partial charge on any atom is -0.755 e. The lowest BCUT2D eigenvalue weighted by Gasteiger charge is -2.23. The molecule has 0 aliphatic heterocycles. The van der Waals surface area contributed by atoms with Gasteiger partial charge in [0.25, 0.3) is 0 Å². The van der Waals surface area contributed by atoms with Crippen molar-refractivity contribution in [1.29, 1.82) is 0 Å². The predicted molar refractivity (Wildman–Crippen MR) is 114 cm³/mol. The molecule has 7 nitrogen and oxygen atoms in total. The van der Waals surface area contributed by atoms with Gasteiger partial charge in [-0.05, 0) is 57.0 Å². The quantitative estimate of drug-likeness (QED) is 0.565. The molecule has 0 radical (unpaired) electrons. The number of carbonyl (C=O) groups excluding carboxylic acids is 1. The number of ether oxygens (including phenoxy) is 1. The first kappa shape index (κ1) is 21.2. The van der Waals surface area contributed by atoms with Gasteiger partial charge in [0.1, 0.15) is 10.6 Å². The molecule has 2 atom stereocenters. The Labute approximate surface area is 175 Å². The minimum atomic E-state index is -2.37. The fraction of sp³-hybridized carbons (Fsp3) is 0.300. The molecule has 29 heavy (non-hydrogen) atoms. The molecule has 9 heteroatoms. The Morgan fingerprint density at radius 2 is 1.90 bits per heavy atom. The number of fused-ring (bicyclic) bond motifs is 1. The molecule has 0 fully saturated rings. The first-order valence-electron chi connectivity index (χ1n) is 8.99. The van der Waals surface area contributed by atoms with Crippen molar-refractivity contribution in [3.05, 3.63) is 59.1 Å². The summed E-state index contributed by atoms with van der Waals surface area (Å²) in [5, 5.41) is 3.70. The van der Waals surface area contributed by atoms with E-state index in [-0.39, 0.29) is 6.04 Å². The predicted octanol–water partition coefficient (Wildman–Crippen LogP) is 4.31. The molecule has 1 unspecified atom stereocenters. The molecule has 3 rings (SSSR count). The largest absolute Gasteiger partial charge is 0.755 e. The van der Waals surface area contributed by atoms with Crippen molar-refractivity contribution in [1.82, 2.24) is 10.3 Å². The fourth-order valence-electron chi connectivity index (χ4n) is 2.73. The number of thiazole rings is 1. The summed E-state index contributed by atoms with van der Waals surface area (Å²) in [6.07, 6.45) is -0.0263. The number of hydrogen-bond donors (Lipinski definition) is 2. The Morgan fingerprint density at radius 1 is 1.21 bits per heavy atom. The maximum atomic E-state index is 12.4. The smallest absolute Gasteiger partial charge is 0.408 e. The minimum absolute atomic E-state index is 0.380. The van der Waals surface area contributed by atoms with E-state index < -0.39 is 23.0 Å². The molecule has 1 heterocycles. The molecule has 0 aliphatic carbocycles. The van der Waals surface area contributed by atoms with Crippen LogP contribution in [0.25, 0.3) is 10.2 Å². The van der Waals surface area contributed by atoms with E-state index >= 15 is 0 Å². The fourth-order valence-corrected chi connectivity index (χ4v) is 4.08. The molecular formula is C20H22N3O4S2-. The van der Waals surface area contributed by atoms with Crippen molar-refractivity contribution in [3.8, 4) is 0 Å². The molecule has 2 aromatic carbocycles. The number of nitrogens with one attached hydrogen (secondary N) is 2. The summed E-state index contributed by atoms with van der Waals surface area (Å²) in [6, 6.07) is 14.4. The number of benzene rings is 2. The van der Waals surface area contributed by atoms with E-state index in [1.54, 1.807) is 12.1 Å². The Bertz CT molecular complexity index is 979. The molecule has 0 spiro atoms. The number of hydrogen-bond acceptors (Lipinski definition) is 6. The molecule has 0 saturated heterocycles. The van der Waals surface area contributed by atoms with Crippen LogP contribution in [0.3, 0.4) is 0 Å². The number of amides is 1. The average Bonchev–Trinajstić information content (AvgIpc) is 3.05. The van der Waals surface area contributed by atoms with Gasteiger partial charge in [-0.25, -0.2) is 9.78 Å². The Morgan fingerprint density at radius 3 is 2.52 bits per heavy atom. The molecule has 0 aliphatic rings. The van der Waals surface area contributed by atoms with Crippen LogP contribution in [0.5, 0.6) is 0 Å². The molecule has 2 N–H and O–H groups in total. The Hall–Kier alpha value is -2.49. The van der Waals surface area contributed by atoms with E-state index in [0.29, 0.717) is 12.1 Å². The zero-order chi connectivity index (χ0) is 21.0. The standard InChI is InChI=1S/C20H23N3O4S2/c1-20(2,3)27-19(24)22-16(18-21-15-6-4-5-7-17(15)28-18)12-13-8-10-14(11-9-13)23-29(25)26/h4-11,16,23H,12H2,1-3H3,(H,22,24)(H,25,26)/p-1/t16-/m0/s1. The van der Waals surface area contributed by atoms with Crippen molar-refractivity contribution >= 4 is 44.6 Å². The second-order valence-electron chi connectivity index (χ2n) is 7.46. The number of aromatic nitrogens is 1. The molecule has 1 amide bonds. The number of para-hydroxylation sites is 1.